The minimum Gasteiger partial charge on any atom is -0.0622 e. The summed E-state index contributed by atoms with van der Waals surface area (Å²) >= 11 is 0. The SMILES string of the molecule is Cc1ccc(Cc2ccccc2)c2ccccc12. The maximum Gasteiger partial charge on any atom is -0.00196 e. The summed E-state index contributed by atoms with van der Waals surface area (Å²) in [6.45, 7) is 2.18. The molecule has 3 aromatic carbocycles. The van der Waals surface area contributed by atoms with Crippen LogP contribution in [0.2, 0.25) is 0 Å². The topological polar surface area (TPSA) is 0 Å². The highest BCUT2D eigenvalue weighted by molar-refractivity contribution is 5.88. The van der Waals surface area contributed by atoms with Gasteiger partial charge in [-0.25, -0.2) is 0 Å². The normalized spacial score (nSPS) is 10.7. The van der Waals surface area contributed by atoms with Crippen LogP contribution in [0.25, 0.3) is 10.8 Å². The van der Waals surface area contributed by atoms with E-state index in [2.05, 4.69) is 73.7 Å². The Labute approximate surface area is 108 Å². The molecule has 0 heteroatoms. The molecular weight excluding hydrogens is 216 g/mol. The predicted molar refractivity (Wildman–Crippen MR) is 77.9 cm³/mol. The van der Waals surface area contributed by atoms with Gasteiger partial charge in [0.15, 0.2) is 0 Å². The second kappa shape index (κ2) is 4.66. The Morgan fingerprint density at radius 2 is 1.33 bits per heavy atom. The molecule has 0 heterocycles. The zero-order chi connectivity index (χ0) is 12.4. The van der Waals surface area contributed by atoms with Crippen LogP contribution < -0.4 is 0 Å². The fraction of sp³-hybridized carbons (Fsp3) is 0.111. The molecule has 0 aliphatic carbocycles. The van der Waals surface area contributed by atoms with E-state index in [4.69, 9.17) is 0 Å². The molecule has 0 bridgehead atoms. The Morgan fingerprint density at radius 3 is 2.11 bits per heavy atom. The van der Waals surface area contributed by atoms with Crippen molar-refractivity contribution in [1.29, 1.82) is 0 Å². The highest BCUT2D eigenvalue weighted by atomic mass is 14.1. The molecule has 0 saturated carbocycles. The lowest BCUT2D eigenvalue weighted by Crippen LogP contribution is -1.91. The van der Waals surface area contributed by atoms with Gasteiger partial charge in [-0.15, -0.1) is 0 Å². The average molecular weight is 232 g/mol. The standard InChI is InChI=1S/C18H16/c1-14-11-12-16(13-15-7-3-2-4-8-15)18-10-6-5-9-17(14)18/h2-12H,13H2,1H3. The van der Waals surface area contributed by atoms with Gasteiger partial charge in [0.05, 0.1) is 0 Å². The number of hydrogen-bond donors (Lipinski definition) is 0. The lowest BCUT2D eigenvalue weighted by atomic mass is 9.96. The van der Waals surface area contributed by atoms with Crippen molar-refractivity contribution in [3.05, 3.63) is 83.4 Å². The van der Waals surface area contributed by atoms with Gasteiger partial charge in [0.25, 0.3) is 0 Å². The second-order valence-electron chi connectivity index (χ2n) is 4.75. The van der Waals surface area contributed by atoms with Crippen LogP contribution in [0.4, 0.5) is 0 Å². The summed E-state index contributed by atoms with van der Waals surface area (Å²) in [7, 11) is 0. The van der Waals surface area contributed by atoms with Crippen LogP contribution in [-0.2, 0) is 6.42 Å². The van der Waals surface area contributed by atoms with Crippen molar-refractivity contribution >= 4 is 10.8 Å². The number of rotatable bonds is 2. The van der Waals surface area contributed by atoms with Crippen LogP contribution in [0.1, 0.15) is 16.7 Å². The van der Waals surface area contributed by atoms with Gasteiger partial charge in [-0.3, -0.25) is 0 Å². The van der Waals surface area contributed by atoms with E-state index in [-0.39, 0.29) is 0 Å². The first kappa shape index (κ1) is 11.0. The van der Waals surface area contributed by atoms with E-state index in [1.165, 1.54) is 27.5 Å². The lowest BCUT2D eigenvalue weighted by Gasteiger charge is -2.09. The molecule has 0 aliphatic heterocycles. The highest BCUT2D eigenvalue weighted by Gasteiger charge is 2.03. The van der Waals surface area contributed by atoms with Crippen LogP contribution in [-0.4, -0.2) is 0 Å². The van der Waals surface area contributed by atoms with Crippen molar-refractivity contribution in [1.82, 2.24) is 0 Å². The smallest absolute Gasteiger partial charge is 0.00196 e. The maximum atomic E-state index is 2.25. The average Bonchev–Trinajstić information content (AvgIpc) is 2.44. The molecule has 0 nitrogen and oxygen atoms in total. The van der Waals surface area contributed by atoms with E-state index in [9.17, 15) is 0 Å². The van der Waals surface area contributed by atoms with E-state index in [0.717, 1.165) is 6.42 Å². The summed E-state index contributed by atoms with van der Waals surface area (Å²) in [6, 6.07) is 23.8. The van der Waals surface area contributed by atoms with Gasteiger partial charge in [-0.2, -0.15) is 0 Å². The van der Waals surface area contributed by atoms with Crippen molar-refractivity contribution in [3.8, 4) is 0 Å². The Balaban J connectivity index is 2.10. The molecule has 0 fully saturated rings. The third kappa shape index (κ3) is 2.02. The molecule has 0 atom stereocenters. The monoisotopic (exact) mass is 232 g/mol. The lowest BCUT2D eigenvalue weighted by molar-refractivity contribution is 1.21. The molecule has 3 rings (SSSR count). The van der Waals surface area contributed by atoms with Crippen LogP contribution in [0.5, 0.6) is 0 Å². The second-order valence-corrected chi connectivity index (χ2v) is 4.75. The first-order chi connectivity index (χ1) is 8.84. The third-order valence-electron chi connectivity index (χ3n) is 3.47. The van der Waals surface area contributed by atoms with Crippen molar-refractivity contribution in [2.75, 3.05) is 0 Å². The Kier molecular flexibility index (Phi) is 2.85. The molecule has 0 aliphatic rings. The fourth-order valence-corrected chi connectivity index (χ4v) is 2.48. The number of aryl methyl sites for hydroxylation is 1. The molecule has 0 radical (unpaired) electrons. The molecule has 0 amide bonds. The summed E-state index contributed by atoms with van der Waals surface area (Å²) in [6.07, 6.45) is 1.00. The quantitative estimate of drug-likeness (QED) is 0.598. The van der Waals surface area contributed by atoms with Gasteiger partial charge in [0, 0.05) is 0 Å². The Hall–Kier alpha value is -2.08. The van der Waals surface area contributed by atoms with Crippen LogP contribution >= 0.6 is 0 Å². The summed E-state index contributed by atoms with van der Waals surface area (Å²) in [5.41, 5.74) is 4.12. The molecule has 18 heavy (non-hydrogen) atoms. The van der Waals surface area contributed by atoms with Gasteiger partial charge in [-0.1, -0.05) is 66.7 Å². The van der Waals surface area contributed by atoms with E-state index in [0.29, 0.717) is 0 Å². The van der Waals surface area contributed by atoms with Gasteiger partial charge in [0.2, 0.25) is 0 Å². The van der Waals surface area contributed by atoms with Gasteiger partial charge < -0.3 is 0 Å². The van der Waals surface area contributed by atoms with Crippen molar-refractivity contribution < 1.29 is 0 Å². The van der Waals surface area contributed by atoms with E-state index in [1.54, 1.807) is 0 Å². The number of hydrogen-bond acceptors (Lipinski definition) is 0. The highest BCUT2D eigenvalue weighted by Crippen LogP contribution is 2.24. The number of fused-ring (bicyclic) bond motifs is 1. The summed E-state index contributed by atoms with van der Waals surface area (Å²) in [5.74, 6) is 0. The molecular formula is C18H16. The van der Waals surface area contributed by atoms with E-state index < -0.39 is 0 Å². The zero-order valence-corrected chi connectivity index (χ0v) is 10.6. The maximum absolute atomic E-state index is 2.25. The summed E-state index contributed by atoms with van der Waals surface area (Å²) in [5, 5.41) is 2.74. The van der Waals surface area contributed by atoms with Crippen LogP contribution in [0.3, 0.4) is 0 Å². The largest absolute Gasteiger partial charge is 0.0622 e. The Morgan fingerprint density at radius 1 is 0.667 bits per heavy atom. The summed E-state index contributed by atoms with van der Waals surface area (Å²) < 4.78 is 0. The zero-order valence-electron chi connectivity index (χ0n) is 10.6. The molecule has 88 valence electrons. The van der Waals surface area contributed by atoms with Crippen molar-refractivity contribution in [3.63, 3.8) is 0 Å². The molecule has 0 spiro atoms. The van der Waals surface area contributed by atoms with E-state index in [1.807, 2.05) is 0 Å². The Bertz CT molecular complexity index is 666. The third-order valence-corrected chi connectivity index (χ3v) is 3.47. The first-order valence-electron chi connectivity index (χ1n) is 6.36. The molecule has 0 aromatic heterocycles. The minimum atomic E-state index is 1.00. The van der Waals surface area contributed by atoms with Gasteiger partial charge >= 0.3 is 0 Å². The van der Waals surface area contributed by atoms with Crippen LogP contribution in [0.15, 0.2) is 66.7 Å². The molecule has 0 unspecified atom stereocenters. The predicted octanol–water partition coefficient (Wildman–Crippen LogP) is 4.74. The minimum absolute atomic E-state index is 1.00. The fourth-order valence-electron chi connectivity index (χ4n) is 2.48. The van der Waals surface area contributed by atoms with Gasteiger partial charge in [-0.05, 0) is 40.8 Å². The molecule has 0 N–H and O–H groups in total. The van der Waals surface area contributed by atoms with Crippen molar-refractivity contribution in [2.45, 2.75) is 13.3 Å². The van der Waals surface area contributed by atoms with Gasteiger partial charge in [0.1, 0.15) is 0 Å². The van der Waals surface area contributed by atoms with E-state index >= 15 is 0 Å². The molecule has 3 aromatic rings. The van der Waals surface area contributed by atoms with Crippen molar-refractivity contribution in [2.24, 2.45) is 0 Å². The van der Waals surface area contributed by atoms with Crippen LogP contribution in [0, 0.1) is 6.92 Å². The first-order valence-corrected chi connectivity index (χ1v) is 6.36. The molecule has 0 saturated heterocycles. The number of benzene rings is 3. The summed E-state index contributed by atoms with van der Waals surface area (Å²) in [4.78, 5) is 0.